The molecule has 8 nitrogen and oxygen atoms in total. The Labute approximate surface area is 235 Å². The van der Waals surface area contributed by atoms with Gasteiger partial charge in [0.15, 0.2) is 18.9 Å². The van der Waals surface area contributed by atoms with Crippen LogP contribution in [0.1, 0.15) is 41.5 Å². The van der Waals surface area contributed by atoms with Crippen molar-refractivity contribution >= 4 is 17.6 Å². The van der Waals surface area contributed by atoms with Gasteiger partial charge >= 0.3 is 11.9 Å². The fourth-order valence-corrected chi connectivity index (χ4v) is 3.64. The van der Waals surface area contributed by atoms with Gasteiger partial charge in [-0.15, -0.1) is 0 Å². The highest BCUT2D eigenvalue weighted by molar-refractivity contribution is 5.91. The maximum atomic E-state index is 12.7. The maximum Gasteiger partial charge on any atom is 0.343 e. The maximum absolute atomic E-state index is 12.7. The van der Waals surface area contributed by atoms with Crippen LogP contribution in [-0.4, -0.2) is 37.7 Å². The SMILES string of the molecule is C=C(OC(=O)c1ccc(OCC[n+]2ccc(N(C)C)cc2)cc1)/C(C)=C(C)\C(=C/C)OC(=O)c1cccc(O)c1. The molecule has 0 spiro atoms. The largest absolute Gasteiger partial charge is 0.508 e. The molecule has 1 N–H and O–H groups in total. The number of ether oxygens (including phenoxy) is 3. The van der Waals surface area contributed by atoms with Crippen LogP contribution in [0.15, 0.2) is 108 Å². The highest BCUT2D eigenvalue weighted by Gasteiger charge is 2.17. The molecule has 0 atom stereocenters. The molecule has 1 heterocycles. The van der Waals surface area contributed by atoms with E-state index in [1.165, 1.54) is 12.1 Å². The molecular formula is C32H35N2O6+. The van der Waals surface area contributed by atoms with Gasteiger partial charge in [0.1, 0.15) is 29.6 Å². The van der Waals surface area contributed by atoms with Gasteiger partial charge in [0.05, 0.1) is 11.1 Å². The number of aromatic hydroxyl groups is 1. The third kappa shape index (κ3) is 8.07. The Morgan fingerprint density at radius 2 is 1.57 bits per heavy atom. The van der Waals surface area contributed by atoms with E-state index in [0.717, 1.165) is 5.69 Å². The summed E-state index contributed by atoms with van der Waals surface area (Å²) in [7, 11) is 3.99. The molecule has 1 aromatic heterocycles. The lowest BCUT2D eigenvalue weighted by atomic mass is 10.1. The number of anilines is 1. The molecule has 0 aliphatic rings. The van der Waals surface area contributed by atoms with Gasteiger partial charge in [-0.2, -0.15) is 0 Å². The first-order chi connectivity index (χ1) is 19.1. The highest BCUT2D eigenvalue weighted by atomic mass is 16.5. The minimum Gasteiger partial charge on any atom is -0.508 e. The highest BCUT2D eigenvalue weighted by Crippen LogP contribution is 2.24. The molecular weight excluding hydrogens is 508 g/mol. The van der Waals surface area contributed by atoms with Crippen LogP contribution in [-0.2, 0) is 16.0 Å². The van der Waals surface area contributed by atoms with E-state index in [-0.39, 0.29) is 22.8 Å². The number of benzene rings is 2. The second-order valence-electron chi connectivity index (χ2n) is 9.22. The van der Waals surface area contributed by atoms with E-state index in [1.54, 1.807) is 63.2 Å². The quantitative estimate of drug-likeness (QED) is 0.146. The van der Waals surface area contributed by atoms with Gasteiger partial charge in [0.25, 0.3) is 0 Å². The number of esters is 2. The first kappa shape index (κ1) is 29.7. The van der Waals surface area contributed by atoms with Gasteiger partial charge in [-0.3, -0.25) is 0 Å². The molecule has 0 unspecified atom stereocenters. The predicted molar refractivity (Wildman–Crippen MR) is 153 cm³/mol. The van der Waals surface area contributed by atoms with Crippen LogP contribution >= 0.6 is 0 Å². The fourth-order valence-electron chi connectivity index (χ4n) is 3.64. The fraction of sp³-hybridized carbons (Fsp3) is 0.219. The number of pyridine rings is 1. The van der Waals surface area contributed by atoms with E-state index in [2.05, 4.69) is 6.58 Å². The number of rotatable bonds is 11. The molecule has 0 radical (unpaired) electrons. The summed E-state index contributed by atoms with van der Waals surface area (Å²) in [6, 6.07) is 16.6. The average molecular weight is 544 g/mol. The molecule has 0 fully saturated rings. The lowest BCUT2D eigenvalue weighted by Crippen LogP contribution is -2.35. The van der Waals surface area contributed by atoms with Gasteiger partial charge in [-0.25, -0.2) is 14.2 Å². The van der Waals surface area contributed by atoms with Crippen molar-refractivity contribution in [2.75, 3.05) is 25.6 Å². The lowest BCUT2D eigenvalue weighted by molar-refractivity contribution is -0.697. The Bertz CT molecular complexity index is 1420. The van der Waals surface area contributed by atoms with Gasteiger partial charge in [0, 0.05) is 31.9 Å². The van der Waals surface area contributed by atoms with Crippen molar-refractivity contribution in [3.05, 3.63) is 120 Å². The Balaban J connectivity index is 1.55. The van der Waals surface area contributed by atoms with Crippen LogP contribution in [0.4, 0.5) is 5.69 Å². The number of aromatic nitrogens is 1. The second kappa shape index (κ2) is 13.8. The second-order valence-corrected chi connectivity index (χ2v) is 9.22. The molecule has 0 saturated carbocycles. The topological polar surface area (TPSA) is 89.2 Å². The molecule has 0 saturated heterocycles. The van der Waals surface area contributed by atoms with Crippen molar-refractivity contribution in [1.82, 2.24) is 0 Å². The van der Waals surface area contributed by atoms with Crippen molar-refractivity contribution in [1.29, 1.82) is 0 Å². The summed E-state index contributed by atoms with van der Waals surface area (Å²) in [6.45, 7) is 10.2. The van der Waals surface area contributed by atoms with Gasteiger partial charge in [-0.1, -0.05) is 12.6 Å². The summed E-state index contributed by atoms with van der Waals surface area (Å²) in [5.41, 5.74) is 2.79. The number of nitrogens with zero attached hydrogens (tertiary/aromatic N) is 2. The summed E-state index contributed by atoms with van der Waals surface area (Å²) in [6.07, 6.45) is 5.63. The Morgan fingerprint density at radius 3 is 2.17 bits per heavy atom. The lowest BCUT2D eigenvalue weighted by Gasteiger charge is -2.14. The molecule has 0 bridgehead atoms. The zero-order valence-electron chi connectivity index (χ0n) is 23.5. The minimum atomic E-state index is -0.623. The Kier molecular flexibility index (Phi) is 10.2. The minimum absolute atomic E-state index is 0.0372. The predicted octanol–water partition coefficient (Wildman–Crippen LogP) is 5.59. The van der Waals surface area contributed by atoms with Crippen LogP contribution in [0.3, 0.4) is 0 Å². The first-order valence-corrected chi connectivity index (χ1v) is 12.7. The standard InChI is InChI=1S/C32H34N2O6/c1-7-30(40-32(37)26-9-8-10-28(35)21-26)23(3)22(2)24(4)39-31(36)25-11-13-29(14-12-25)38-20-19-34-17-15-27(16-18-34)33(5)6/h7-18,21H,4,19-20H2,1-3,5-6H3/p+1/b23-22-,30-7+. The van der Waals surface area contributed by atoms with Crippen LogP contribution in [0.25, 0.3) is 0 Å². The molecule has 40 heavy (non-hydrogen) atoms. The van der Waals surface area contributed by atoms with Crippen molar-refractivity contribution < 1.29 is 33.5 Å². The molecule has 0 aliphatic carbocycles. The molecule has 2 aromatic carbocycles. The van der Waals surface area contributed by atoms with E-state index in [4.69, 9.17) is 14.2 Å². The number of carbonyl (C=O) groups is 2. The number of hydrogen-bond acceptors (Lipinski definition) is 7. The molecule has 3 rings (SSSR count). The summed E-state index contributed by atoms with van der Waals surface area (Å²) < 4.78 is 18.8. The Morgan fingerprint density at radius 1 is 0.925 bits per heavy atom. The third-order valence-electron chi connectivity index (χ3n) is 6.21. The average Bonchev–Trinajstić information content (AvgIpc) is 2.95. The van der Waals surface area contributed by atoms with Gasteiger partial charge in [0.2, 0.25) is 0 Å². The summed E-state index contributed by atoms with van der Waals surface area (Å²) in [5, 5.41) is 9.62. The van der Waals surface area contributed by atoms with E-state index >= 15 is 0 Å². The van der Waals surface area contributed by atoms with Crippen molar-refractivity contribution in [3.8, 4) is 11.5 Å². The monoisotopic (exact) mass is 543 g/mol. The summed E-state index contributed by atoms with van der Waals surface area (Å²) in [5.74, 6) is -0.172. The van der Waals surface area contributed by atoms with Gasteiger partial charge in [-0.05, 0) is 80.5 Å². The van der Waals surface area contributed by atoms with Crippen molar-refractivity contribution in [2.45, 2.75) is 27.3 Å². The van der Waals surface area contributed by atoms with Crippen LogP contribution in [0, 0.1) is 0 Å². The summed E-state index contributed by atoms with van der Waals surface area (Å²) in [4.78, 5) is 27.3. The Hall–Kier alpha value is -4.85. The molecule has 3 aromatic rings. The van der Waals surface area contributed by atoms with Crippen LogP contribution in [0.2, 0.25) is 0 Å². The number of hydrogen-bond donors (Lipinski definition) is 1. The van der Waals surface area contributed by atoms with E-state index in [9.17, 15) is 14.7 Å². The van der Waals surface area contributed by atoms with Crippen LogP contribution in [0.5, 0.6) is 11.5 Å². The molecule has 0 amide bonds. The van der Waals surface area contributed by atoms with Gasteiger partial charge < -0.3 is 24.2 Å². The molecule has 0 aliphatic heterocycles. The molecule has 8 heteroatoms. The normalized spacial score (nSPS) is 11.8. The van der Waals surface area contributed by atoms with E-state index in [1.807, 2.05) is 48.1 Å². The smallest absolute Gasteiger partial charge is 0.343 e. The number of carbonyl (C=O) groups excluding carboxylic acids is 2. The number of allylic oxidation sites excluding steroid dienone is 3. The van der Waals surface area contributed by atoms with E-state index < -0.39 is 11.9 Å². The van der Waals surface area contributed by atoms with Crippen LogP contribution < -0.4 is 14.2 Å². The first-order valence-electron chi connectivity index (χ1n) is 12.7. The van der Waals surface area contributed by atoms with Crippen molar-refractivity contribution in [3.63, 3.8) is 0 Å². The van der Waals surface area contributed by atoms with E-state index in [0.29, 0.717) is 35.6 Å². The van der Waals surface area contributed by atoms with Crippen molar-refractivity contribution in [2.24, 2.45) is 0 Å². The summed E-state index contributed by atoms with van der Waals surface area (Å²) >= 11 is 0. The third-order valence-corrected chi connectivity index (χ3v) is 6.21. The zero-order valence-corrected chi connectivity index (χ0v) is 23.5. The molecule has 208 valence electrons. The zero-order chi connectivity index (χ0) is 29.2. The number of phenolic OH excluding ortho intramolecular Hbond substituents is 1. The number of phenols is 1.